The quantitative estimate of drug-likeness (QED) is 0.320. The molecule has 0 heterocycles. The van der Waals surface area contributed by atoms with Crippen LogP contribution >= 0.6 is 0 Å². The van der Waals surface area contributed by atoms with Crippen LogP contribution in [0.1, 0.15) is 18.1 Å². The van der Waals surface area contributed by atoms with E-state index in [1.54, 1.807) is 13.0 Å². The van der Waals surface area contributed by atoms with Gasteiger partial charge in [-0.25, -0.2) is 4.79 Å². The molecule has 0 amide bonds. The van der Waals surface area contributed by atoms with E-state index < -0.39 is 5.97 Å². The fourth-order valence-corrected chi connectivity index (χ4v) is 3.65. The summed E-state index contributed by atoms with van der Waals surface area (Å²) in [6.07, 6.45) is 3.58. The van der Waals surface area contributed by atoms with Gasteiger partial charge < -0.3 is 5.11 Å². The van der Waals surface area contributed by atoms with Gasteiger partial charge in [0.1, 0.15) is 0 Å². The Bertz CT molecular complexity index is 1240. The van der Waals surface area contributed by atoms with Crippen LogP contribution in [0.3, 0.4) is 0 Å². The molecular weight excluding hydrogens is 344 g/mol. The maximum absolute atomic E-state index is 11.4. The maximum Gasteiger partial charge on any atom is 0.331 e. The fourth-order valence-electron chi connectivity index (χ4n) is 3.65. The van der Waals surface area contributed by atoms with Crippen LogP contribution in [-0.2, 0) is 4.79 Å². The van der Waals surface area contributed by atoms with Crippen LogP contribution in [0.25, 0.3) is 44.8 Å². The maximum atomic E-state index is 11.4. The highest BCUT2D eigenvalue weighted by Gasteiger charge is 2.13. The first-order chi connectivity index (χ1) is 13.6. The second-order valence-electron chi connectivity index (χ2n) is 6.88. The highest BCUT2D eigenvalue weighted by molar-refractivity contribution is 6.15. The summed E-state index contributed by atoms with van der Waals surface area (Å²) in [5, 5.41) is 13.8. The van der Waals surface area contributed by atoms with Crippen LogP contribution in [0.5, 0.6) is 0 Å². The standard InChI is InChI=1S/C26H20O2/c1-3-18-11-13-19(14-12-18)25-23-10-5-4-7-20(23)16-22-9-6-8-21(24(22)25)15-17(2)26(27)28/h3-16H,1H2,2H3,(H,27,28). The Morgan fingerprint density at radius 3 is 2.36 bits per heavy atom. The van der Waals surface area contributed by atoms with E-state index in [0.717, 1.165) is 43.8 Å². The Morgan fingerprint density at radius 2 is 1.64 bits per heavy atom. The van der Waals surface area contributed by atoms with E-state index in [1.807, 2.05) is 30.3 Å². The first-order valence-corrected chi connectivity index (χ1v) is 9.17. The molecule has 28 heavy (non-hydrogen) atoms. The molecule has 0 saturated heterocycles. The Labute approximate surface area is 164 Å². The molecule has 0 saturated carbocycles. The van der Waals surface area contributed by atoms with Gasteiger partial charge in [-0.3, -0.25) is 0 Å². The summed E-state index contributed by atoms with van der Waals surface area (Å²) >= 11 is 0. The van der Waals surface area contributed by atoms with Crippen LogP contribution < -0.4 is 0 Å². The van der Waals surface area contributed by atoms with Crippen molar-refractivity contribution in [2.45, 2.75) is 6.92 Å². The summed E-state index contributed by atoms with van der Waals surface area (Å²) in [4.78, 5) is 11.4. The van der Waals surface area contributed by atoms with Crippen molar-refractivity contribution in [3.63, 3.8) is 0 Å². The molecule has 0 aliphatic heterocycles. The third-order valence-electron chi connectivity index (χ3n) is 5.06. The smallest absolute Gasteiger partial charge is 0.331 e. The third kappa shape index (κ3) is 3.10. The van der Waals surface area contributed by atoms with Crippen molar-refractivity contribution in [2.24, 2.45) is 0 Å². The van der Waals surface area contributed by atoms with Crippen molar-refractivity contribution in [3.05, 3.63) is 96.1 Å². The molecular formula is C26H20O2. The van der Waals surface area contributed by atoms with E-state index in [4.69, 9.17) is 0 Å². The highest BCUT2D eigenvalue weighted by atomic mass is 16.4. The zero-order valence-electron chi connectivity index (χ0n) is 15.6. The monoisotopic (exact) mass is 364 g/mol. The average Bonchev–Trinajstić information content (AvgIpc) is 2.72. The zero-order chi connectivity index (χ0) is 19.7. The summed E-state index contributed by atoms with van der Waals surface area (Å²) in [7, 11) is 0. The summed E-state index contributed by atoms with van der Waals surface area (Å²) in [6.45, 7) is 5.46. The van der Waals surface area contributed by atoms with Gasteiger partial charge in [0, 0.05) is 5.57 Å². The summed E-state index contributed by atoms with van der Waals surface area (Å²) in [5.74, 6) is -0.908. The minimum atomic E-state index is -0.908. The topological polar surface area (TPSA) is 37.3 Å². The van der Waals surface area contributed by atoms with Crippen LogP contribution in [-0.4, -0.2) is 11.1 Å². The minimum Gasteiger partial charge on any atom is -0.478 e. The Hall–Kier alpha value is -3.65. The number of hydrogen-bond donors (Lipinski definition) is 1. The Morgan fingerprint density at radius 1 is 0.929 bits per heavy atom. The number of carboxylic acids is 1. The lowest BCUT2D eigenvalue weighted by Crippen LogP contribution is -1.96. The summed E-state index contributed by atoms with van der Waals surface area (Å²) in [6, 6.07) is 24.8. The number of fused-ring (bicyclic) bond motifs is 2. The van der Waals surface area contributed by atoms with Gasteiger partial charge in [-0.05, 0) is 62.9 Å². The van der Waals surface area contributed by atoms with Gasteiger partial charge in [0.2, 0.25) is 0 Å². The van der Waals surface area contributed by atoms with E-state index in [-0.39, 0.29) is 0 Å². The normalized spacial score (nSPS) is 11.7. The largest absolute Gasteiger partial charge is 0.478 e. The molecule has 2 nitrogen and oxygen atoms in total. The van der Waals surface area contributed by atoms with Crippen LogP contribution in [0.2, 0.25) is 0 Å². The van der Waals surface area contributed by atoms with Crippen molar-refractivity contribution in [1.82, 2.24) is 0 Å². The van der Waals surface area contributed by atoms with E-state index in [9.17, 15) is 9.90 Å². The molecule has 0 radical (unpaired) electrons. The summed E-state index contributed by atoms with van der Waals surface area (Å²) in [5.41, 5.74) is 4.50. The fraction of sp³-hybridized carbons (Fsp3) is 0.0385. The predicted octanol–water partition coefficient (Wildman–Crippen LogP) is 6.79. The van der Waals surface area contributed by atoms with Gasteiger partial charge in [-0.2, -0.15) is 0 Å². The molecule has 0 spiro atoms. The van der Waals surface area contributed by atoms with E-state index in [1.165, 1.54) is 0 Å². The van der Waals surface area contributed by atoms with Crippen molar-refractivity contribution in [1.29, 1.82) is 0 Å². The lowest BCUT2D eigenvalue weighted by atomic mass is 9.89. The van der Waals surface area contributed by atoms with Gasteiger partial charge in [0.15, 0.2) is 0 Å². The SMILES string of the molecule is C=Cc1ccc(-c2c3ccccc3cc3cccc(C=C(C)C(=O)O)c23)cc1. The van der Waals surface area contributed by atoms with Crippen molar-refractivity contribution >= 4 is 39.7 Å². The molecule has 136 valence electrons. The molecule has 0 unspecified atom stereocenters. The molecule has 2 heteroatoms. The van der Waals surface area contributed by atoms with Crippen molar-refractivity contribution < 1.29 is 9.90 Å². The van der Waals surface area contributed by atoms with Crippen molar-refractivity contribution in [3.8, 4) is 11.1 Å². The second-order valence-corrected chi connectivity index (χ2v) is 6.88. The Balaban J connectivity index is 2.14. The molecule has 4 rings (SSSR count). The molecule has 0 atom stereocenters. The van der Waals surface area contributed by atoms with Gasteiger partial charge in [0.05, 0.1) is 0 Å². The number of rotatable bonds is 4. The second kappa shape index (κ2) is 7.16. The van der Waals surface area contributed by atoms with Crippen LogP contribution in [0.15, 0.2) is 84.9 Å². The lowest BCUT2D eigenvalue weighted by molar-refractivity contribution is -0.132. The molecule has 4 aromatic rings. The third-order valence-corrected chi connectivity index (χ3v) is 5.06. The molecule has 0 aliphatic carbocycles. The summed E-state index contributed by atoms with van der Waals surface area (Å²) < 4.78 is 0. The van der Waals surface area contributed by atoms with Gasteiger partial charge in [-0.1, -0.05) is 79.4 Å². The first-order valence-electron chi connectivity index (χ1n) is 9.17. The van der Waals surface area contributed by atoms with E-state index in [0.29, 0.717) is 5.57 Å². The zero-order valence-corrected chi connectivity index (χ0v) is 15.6. The highest BCUT2D eigenvalue weighted by Crippen LogP contribution is 2.39. The molecule has 4 aromatic carbocycles. The average molecular weight is 364 g/mol. The van der Waals surface area contributed by atoms with Gasteiger partial charge in [-0.15, -0.1) is 0 Å². The first kappa shape index (κ1) is 17.7. The molecule has 0 aromatic heterocycles. The number of carbonyl (C=O) groups is 1. The van der Waals surface area contributed by atoms with Crippen LogP contribution in [0.4, 0.5) is 0 Å². The van der Waals surface area contributed by atoms with Crippen molar-refractivity contribution in [2.75, 3.05) is 0 Å². The lowest BCUT2D eigenvalue weighted by Gasteiger charge is -2.15. The van der Waals surface area contributed by atoms with Gasteiger partial charge in [0.25, 0.3) is 0 Å². The molecule has 0 fully saturated rings. The minimum absolute atomic E-state index is 0.314. The van der Waals surface area contributed by atoms with E-state index in [2.05, 4.69) is 55.1 Å². The van der Waals surface area contributed by atoms with E-state index >= 15 is 0 Å². The van der Waals surface area contributed by atoms with Crippen LogP contribution in [0, 0.1) is 0 Å². The van der Waals surface area contributed by atoms with Gasteiger partial charge >= 0.3 is 5.97 Å². The molecule has 1 N–H and O–H groups in total. The molecule has 0 aliphatic rings. The molecule has 0 bridgehead atoms. The number of benzene rings is 4. The Kier molecular flexibility index (Phi) is 4.54. The number of carboxylic acid groups (broad SMARTS) is 1. The number of hydrogen-bond acceptors (Lipinski definition) is 1. The number of aliphatic carboxylic acids is 1. The predicted molar refractivity (Wildman–Crippen MR) is 118 cm³/mol.